The van der Waals surface area contributed by atoms with Gasteiger partial charge in [-0.25, -0.2) is 0 Å². The number of hydrogen-bond donors (Lipinski definition) is 4. The largest absolute Gasteiger partial charge is 0.481 e. The van der Waals surface area contributed by atoms with Crippen molar-refractivity contribution in [2.75, 3.05) is 0 Å². The van der Waals surface area contributed by atoms with Crippen LogP contribution in [-0.4, -0.2) is 29.2 Å². The molecule has 15 heavy (non-hydrogen) atoms. The summed E-state index contributed by atoms with van der Waals surface area (Å²) < 4.78 is 0. The highest BCUT2D eigenvalue weighted by Crippen LogP contribution is 2.07. The van der Waals surface area contributed by atoms with E-state index in [9.17, 15) is 4.79 Å². The number of carboxylic acid groups (broad SMARTS) is 1. The summed E-state index contributed by atoms with van der Waals surface area (Å²) in [6, 6.07) is -0.0385. The molecule has 0 radical (unpaired) electrons. The van der Waals surface area contributed by atoms with Crippen LogP contribution in [0.5, 0.6) is 0 Å². The molecule has 0 amide bonds. The summed E-state index contributed by atoms with van der Waals surface area (Å²) in [6.07, 6.45) is 3.21. The van der Waals surface area contributed by atoms with Crippen LogP contribution < -0.4 is 17.2 Å². The van der Waals surface area contributed by atoms with Crippen molar-refractivity contribution in [1.29, 1.82) is 0 Å². The molecule has 0 saturated carbocycles. The van der Waals surface area contributed by atoms with Crippen LogP contribution >= 0.6 is 0 Å². The number of carboxylic acids is 1. The SMILES string of the molecule is CC(N)CCC(N)CCC(N)CC(=O)O. The molecule has 5 heteroatoms. The second-order valence-corrected chi connectivity index (χ2v) is 4.25. The molecule has 0 fully saturated rings. The first-order valence-corrected chi connectivity index (χ1v) is 5.40. The van der Waals surface area contributed by atoms with Gasteiger partial charge in [-0.1, -0.05) is 0 Å². The van der Waals surface area contributed by atoms with Gasteiger partial charge in [0.1, 0.15) is 0 Å². The van der Waals surface area contributed by atoms with E-state index in [2.05, 4.69) is 0 Å². The van der Waals surface area contributed by atoms with Gasteiger partial charge in [0.2, 0.25) is 0 Å². The van der Waals surface area contributed by atoms with E-state index in [1.807, 2.05) is 6.92 Å². The number of rotatable bonds is 8. The Hall–Kier alpha value is -0.650. The third-order valence-electron chi connectivity index (χ3n) is 2.34. The minimum atomic E-state index is -0.855. The average molecular weight is 217 g/mol. The second-order valence-electron chi connectivity index (χ2n) is 4.25. The second kappa shape index (κ2) is 7.62. The standard InChI is InChI=1S/C10H23N3O2/c1-7(11)2-3-8(12)4-5-9(13)6-10(14)15/h7-9H,2-6,11-13H2,1H3,(H,14,15). The smallest absolute Gasteiger partial charge is 0.304 e. The number of aliphatic carboxylic acids is 1. The first kappa shape index (κ1) is 14.3. The highest BCUT2D eigenvalue weighted by Gasteiger charge is 2.10. The molecule has 7 N–H and O–H groups in total. The number of hydrogen-bond acceptors (Lipinski definition) is 4. The Kier molecular flexibility index (Phi) is 7.29. The molecule has 0 heterocycles. The summed E-state index contributed by atoms with van der Waals surface area (Å²) in [5.74, 6) is -0.855. The Balaban J connectivity index is 3.52. The molecule has 3 atom stereocenters. The maximum atomic E-state index is 10.3. The van der Waals surface area contributed by atoms with Gasteiger partial charge in [-0.15, -0.1) is 0 Å². The molecular weight excluding hydrogens is 194 g/mol. The molecule has 0 aromatic carbocycles. The van der Waals surface area contributed by atoms with Crippen LogP contribution in [-0.2, 0) is 4.79 Å². The van der Waals surface area contributed by atoms with Gasteiger partial charge in [-0.3, -0.25) is 4.79 Å². The summed E-state index contributed by atoms with van der Waals surface area (Å²) in [5, 5.41) is 8.50. The summed E-state index contributed by atoms with van der Waals surface area (Å²) >= 11 is 0. The third kappa shape index (κ3) is 9.65. The topological polar surface area (TPSA) is 115 Å². The quantitative estimate of drug-likeness (QED) is 0.457. The highest BCUT2D eigenvalue weighted by atomic mass is 16.4. The van der Waals surface area contributed by atoms with Gasteiger partial charge < -0.3 is 22.3 Å². The molecule has 0 aromatic heterocycles. The zero-order valence-corrected chi connectivity index (χ0v) is 9.36. The van der Waals surface area contributed by atoms with Gasteiger partial charge in [-0.2, -0.15) is 0 Å². The van der Waals surface area contributed by atoms with Gasteiger partial charge in [0.05, 0.1) is 6.42 Å². The zero-order chi connectivity index (χ0) is 11.8. The summed E-state index contributed by atoms with van der Waals surface area (Å²) in [5.41, 5.74) is 17.1. The minimum Gasteiger partial charge on any atom is -0.481 e. The fourth-order valence-corrected chi connectivity index (χ4v) is 1.38. The van der Waals surface area contributed by atoms with Crippen molar-refractivity contribution < 1.29 is 9.90 Å². The van der Waals surface area contributed by atoms with E-state index in [4.69, 9.17) is 22.3 Å². The molecule has 3 unspecified atom stereocenters. The van der Waals surface area contributed by atoms with E-state index in [1.54, 1.807) is 0 Å². The van der Waals surface area contributed by atoms with Gasteiger partial charge in [-0.05, 0) is 32.6 Å². The van der Waals surface area contributed by atoms with Gasteiger partial charge in [0, 0.05) is 18.1 Å². The van der Waals surface area contributed by atoms with Crippen LogP contribution in [0, 0.1) is 0 Å². The van der Waals surface area contributed by atoms with Crippen molar-refractivity contribution in [3.05, 3.63) is 0 Å². The maximum absolute atomic E-state index is 10.3. The van der Waals surface area contributed by atoms with E-state index < -0.39 is 5.97 Å². The van der Waals surface area contributed by atoms with E-state index in [0.717, 1.165) is 19.3 Å². The van der Waals surface area contributed by atoms with Gasteiger partial charge >= 0.3 is 5.97 Å². The Bertz CT molecular complexity index is 186. The normalized spacial score (nSPS) is 17.1. The van der Waals surface area contributed by atoms with Crippen LogP contribution in [0.2, 0.25) is 0 Å². The summed E-state index contributed by atoms with van der Waals surface area (Å²) in [4.78, 5) is 10.3. The molecule has 90 valence electrons. The van der Waals surface area contributed by atoms with Crippen LogP contribution in [0.25, 0.3) is 0 Å². The van der Waals surface area contributed by atoms with E-state index in [1.165, 1.54) is 0 Å². The lowest BCUT2D eigenvalue weighted by Gasteiger charge is -2.15. The number of carbonyl (C=O) groups is 1. The fourth-order valence-electron chi connectivity index (χ4n) is 1.38. The predicted molar refractivity (Wildman–Crippen MR) is 60.3 cm³/mol. The van der Waals surface area contributed by atoms with Gasteiger partial charge in [0.15, 0.2) is 0 Å². The van der Waals surface area contributed by atoms with Crippen molar-refractivity contribution >= 4 is 5.97 Å². The maximum Gasteiger partial charge on any atom is 0.304 e. The van der Waals surface area contributed by atoms with Crippen molar-refractivity contribution in [3.63, 3.8) is 0 Å². The molecule has 0 aliphatic heterocycles. The van der Waals surface area contributed by atoms with Crippen LogP contribution in [0.15, 0.2) is 0 Å². The third-order valence-corrected chi connectivity index (χ3v) is 2.34. The molecule has 5 nitrogen and oxygen atoms in total. The zero-order valence-electron chi connectivity index (χ0n) is 9.36. The first-order valence-electron chi connectivity index (χ1n) is 5.40. The van der Waals surface area contributed by atoms with E-state index >= 15 is 0 Å². The molecule has 0 aliphatic rings. The Labute approximate surface area is 91.0 Å². The predicted octanol–water partition coefficient (Wildman–Crippen LogP) is 0.0233. The number of nitrogens with two attached hydrogens (primary N) is 3. The van der Waals surface area contributed by atoms with Gasteiger partial charge in [0.25, 0.3) is 0 Å². The van der Waals surface area contributed by atoms with E-state index in [-0.39, 0.29) is 24.5 Å². The molecule has 0 saturated heterocycles. The Morgan fingerprint density at radius 2 is 1.53 bits per heavy atom. The molecular formula is C10H23N3O2. The first-order chi connectivity index (χ1) is 6.91. The summed E-state index contributed by atoms with van der Waals surface area (Å²) in [7, 11) is 0. The molecule has 0 aromatic rings. The molecule has 0 aliphatic carbocycles. The van der Waals surface area contributed by atoms with Crippen molar-refractivity contribution in [1.82, 2.24) is 0 Å². The lowest BCUT2D eigenvalue weighted by atomic mass is 10.0. The molecule has 0 bridgehead atoms. The monoisotopic (exact) mass is 217 g/mol. The Morgan fingerprint density at radius 1 is 1.07 bits per heavy atom. The van der Waals surface area contributed by atoms with Crippen LogP contribution in [0.1, 0.15) is 39.0 Å². The molecule has 0 rings (SSSR count). The minimum absolute atomic E-state index is 0.0139. The lowest BCUT2D eigenvalue weighted by molar-refractivity contribution is -0.137. The highest BCUT2D eigenvalue weighted by molar-refractivity contribution is 5.67. The summed E-state index contributed by atoms with van der Waals surface area (Å²) in [6.45, 7) is 1.95. The van der Waals surface area contributed by atoms with Crippen molar-refractivity contribution in [2.24, 2.45) is 17.2 Å². The Morgan fingerprint density at radius 3 is 2.00 bits per heavy atom. The fraction of sp³-hybridized carbons (Fsp3) is 0.900. The van der Waals surface area contributed by atoms with E-state index in [0.29, 0.717) is 6.42 Å². The molecule has 0 spiro atoms. The van der Waals surface area contributed by atoms with Crippen molar-refractivity contribution in [2.45, 2.75) is 57.2 Å². The van der Waals surface area contributed by atoms with Crippen LogP contribution in [0.4, 0.5) is 0 Å². The average Bonchev–Trinajstić information content (AvgIpc) is 2.10. The lowest BCUT2D eigenvalue weighted by Crippen LogP contribution is -2.29. The van der Waals surface area contributed by atoms with Crippen molar-refractivity contribution in [3.8, 4) is 0 Å². The van der Waals surface area contributed by atoms with Crippen LogP contribution in [0.3, 0.4) is 0 Å².